The fourth-order valence-corrected chi connectivity index (χ4v) is 14.1. The Labute approximate surface area is 348 Å². The van der Waals surface area contributed by atoms with Gasteiger partial charge in [-0.2, -0.15) is 0 Å². The van der Waals surface area contributed by atoms with Gasteiger partial charge in [0.15, 0.2) is 0 Å². The minimum absolute atomic E-state index is 0.254. The zero-order valence-electron chi connectivity index (χ0n) is 37.7. The average molecular weight is 779 g/mol. The highest BCUT2D eigenvalue weighted by molar-refractivity contribution is 7.67. The minimum atomic E-state index is -0.688. The van der Waals surface area contributed by atoms with Crippen molar-refractivity contribution in [2.45, 2.75) is 151 Å². The molecule has 1 saturated heterocycles. The van der Waals surface area contributed by atoms with E-state index >= 15 is 0 Å². The lowest BCUT2D eigenvalue weighted by molar-refractivity contribution is 0.135. The fraction of sp³-hybridized carbons (Fsp3) is 0.455. The maximum atomic E-state index is 11.6. The molecule has 302 valence electrons. The molecule has 2 atom stereocenters. The van der Waals surface area contributed by atoms with Crippen LogP contribution in [-0.2, 0) is 0 Å². The topological polar surface area (TPSA) is 20.2 Å². The first-order valence-corrected chi connectivity index (χ1v) is 23.6. The standard InChI is InChI=1S/C55H71OP/c1-32(2)47-26-40(43-22-17-15-20-38(43)13)27-48(33(3)4)53(47)45-24-19-25-46(55(45)57-51(36(9)10)30-42(56)31-52(57)37(11)12)54-49(34(5)6)28-41(29-50(54)35(7)8)44-23-18-16-21-39(44)14/h15-29,32-37,42,51-52,56H,30-31H2,1-14H3. The van der Waals surface area contributed by atoms with Crippen LogP contribution >= 0.6 is 7.92 Å². The number of aryl methyl sites for hydroxylation is 2. The summed E-state index contributed by atoms with van der Waals surface area (Å²) >= 11 is 0. The molecule has 6 rings (SSSR count). The first kappa shape index (κ1) is 43.1. The molecule has 1 N–H and O–H groups in total. The predicted octanol–water partition coefficient (Wildman–Crippen LogP) is 15.8. The fourth-order valence-electron chi connectivity index (χ4n) is 9.79. The molecule has 0 spiro atoms. The minimum Gasteiger partial charge on any atom is -0.393 e. The van der Waals surface area contributed by atoms with Crippen LogP contribution in [0.15, 0.2) is 91.0 Å². The maximum absolute atomic E-state index is 11.6. The number of rotatable bonds is 11. The van der Waals surface area contributed by atoms with Crippen LogP contribution in [0, 0.1) is 25.7 Å². The summed E-state index contributed by atoms with van der Waals surface area (Å²) in [6, 6.07) is 35.2. The molecule has 1 aliphatic rings. The third kappa shape index (κ3) is 8.63. The molecule has 1 fully saturated rings. The van der Waals surface area contributed by atoms with E-state index in [1.807, 2.05) is 0 Å². The van der Waals surface area contributed by atoms with Crippen molar-refractivity contribution in [3.63, 3.8) is 0 Å². The molecule has 0 aliphatic carbocycles. The summed E-state index contributed by atoms with van der Waals surface area (Å²) in [6.07, 6.45) is 1.50. The van der Waals surface area contributed by atoms with E-state index in [2.05, 4.69) is 188 Å². The summed E-state index contributed by atoms with van der Waals surface area (Å²) in [5.41, 5.74) is 20.3. The highest BCUT2D eigenvalue weighted by atomic mass is 31.1. The molecular weight excluding hydrogens is 708 g/mol. The van der Waals surface area contributed by atoms with Crippen molar-refractivity contribution in [2.75, 3.05) is 0 Å². The second-order valence-electron chi connectivity index (χ2n) is 19.2. The van der Waals surface area contributed by atoms with E-state index in [9.17, 15) is 5.11 Å². The summed E-state index contributed by atoms with van der Waals surface area (Å²) in [5, 5.41) is 13.2. The van der Waals surface area contributed by atoms with Crippen LogP contribution in [-0.4, -0.2) is 22.5 Å². The number of aliphatic hydroxyl groups is 1. The Balaban J connectivity index is 1.80. The molecule has 2 unspecified atom stereocenters. The monoisotopic (exact) mass is 779 g/mol. The first-order chi connectivity index (χ1) is 27.0. The van der Waals surface area contributed by atoms with Crippen LogP contribution in [0.25, 0.3) is 44.5 Å². The van der Waals surface area contributed by atoms with Gasteiger partial charge in [0.1, 0.15) is 0 Å². The quantitative estimate of drug-likeness (QED) is 0.132. The molecule has 0 saturated carbocycles. The zero-order chi connectivity index (χ0) is 41.5. The van der Waals surface area contributed by atoms with Crippen LogP contribution in [0.3, 0.4) is 0 Å². The lowest BCUT2D eigenvalue weighted by Gasteiger charge is -2.46. The molecule has 1 heterocycles. The van der Waals surface area contributed by atoms with E-state index in [0.29, 0.717) is 46.8 Å². The second-order valence-corrected chi connectivity index (χ2v) is 21.8. The van der Waals surface area contributed by atoms with Crippen molar-refractivity contribution in [2.24, 2.45) is 11.8 Å². The largest absolute Gasteiger partial charge is 0.393 e. The summed E-state index contributed by atoms with van der Waals surface area (Å²) in [5.74, 6) is 2.28. The first-order valence-electron chi connectivity index (χ1n) is 22.1. The van der Waals surface area contributed by atoms with Gasteiger partial charge in [0, 0.05) is 0 Å². The Morgan fingerprint density at radius 1 is 0.456 bits per heavy atom. The molecule has 1 nitrogen and oxygen atoms in total. The molecular formula is C55H71OP. The SMILES string of the molecule is Cc1ccccc1-c1cc(C(C)C)c(-c2cccc(-c3c(C(C)C)cc(-c4ccccc4C)cc3C(C)C)c2P2C(C(C)C)CC(O)CC2C(C)C)c(C(C)C)c1. The van der Waals surface area contributed by atoms with Gasteiger partial charge in [-0.1, -0.05) is 182 Å². The molecule has 0 amide bonds. The van der Waals surface area contributed by atoms with E-state index in [-0.39, 0.29) is 6.10 Å². The van der Waals surface area contributed by atoms with E-state index in [0.717, 1.165) is 12.8 Å². The Morgan fingerprint density at radius 3 is 1.07 bits per heavy atom. The number of hydrogen-bond acceptors (Lipinski definition) is 1. The third-order valence-corrected chi connectivity index (χ3v) is 17.0. The second kappa shape index (κ2) is 17.8. The molecule has 0 aromatic heterocycles. The highest BCUT2D eigenvalue weighted by Gasteiger charge is 2.43. The van der Waals surface area contributed by atoms with Gasteiger partial charge >= 0.3 is 0 Å². The van der Waals surface area contributed by atoms with Gasteiger partial charge < -0.3 is 5.11 Å². The van der Waals surface area contributed by atoms with Crippen LogP contribution in [0.5, 0.6) is 0 Å². The number of hydrogen-bond donors (Lipinski definition) is 1. The Kier molecular flexibility index (Phi) is 13.4. The Hall–Kier alpha value is -3.51. The van der Waals surface area contributed by atoms with Crippen LogP contribution in [0.2, 0.25) is 0 Å². The van der Waals surface area contributed by atoms with Crippen molar-refractivity contribution in [3.8, 4) is 44.5 Å². The van der Waals surface area contributed by atoms with Gasteiger partial charge in [-0.25, -0.2) is 0 Å². The van der Waals surface area contributed by atoms with Crippen LogP contribution in [0.4, 0.5) is 0 Å². The van der Waals surface area contributed by atoms with Gasteiger partial charge in [-0.3, -0.25) is 0 Å². The number of aliphatic hydroxyl groups excluding tert-OH is 1. The third-order valence-electron chi connectivity index (χ3n) is 12.9. The van der Waals surface area contributed by atoms with Crippen molar-refractivity contribution >= 4 is 13.2 Å². The molecule has 5 aromatic carbocycles. The molecule has 2 heteroatoms. The predicted molar refractivity (Wildman–Crippen MR) is 253 cm³/mol. The van der Waals surface area contributed by atoms with Gasteiger partial charge in [0.05, 0.1) is 6.10 Å². The van der Waals surface area contributed by atoms with E-state index in [1.54, 1.807) is 5.30 Å². The van der Waals surface area contributed by atoms with E-state index < -0.39 is 7.92 Å². The lowest BCUT2D eigenvalue weighted by atomic mass is 9.79. The van der Waals surface area contributed by atoms with Gasteiger partial charge in [0.25, 0.3) is 0 Å². The Morgan fingerprint density at radius 2 is 0.772 bits per heavy atom. The molecule has 1 aliphatic heterocycles. The smallest absolute Gasteiger partial charge is 0.0552 e. The van der Waals surface area contributed by atoms with Gasteiger partial charge in [-0.15, -0.1) is 0 Å². The van der Waals surface area contributed by atoms with Crippen molar-refractivity contribution in [1.82, 2.24) is 0 Å². The summed E-state index contributed by atoms with van der Waals surface area (Å²) in [7, 11) is -0.688. The summed E-state index contributed by atoms with van der Waals surface area (Å²) in [4.78, 5) is 0. The molecule has 5 aromatic rings. The van der Waals surface area contributed by atoms with Crippen LogP contribution < -0.4 is 5.30 Å². The molecule has 57 heavy (non-hydrogen) atoms. The molecule has 0 bridgehead atoms. The van der Waals surface area contributed by atoms with Crippen molar-refractivity contribution in [3.05, 3.63) is 124 Å². The Bertz CT molecular complexity index is 1970. The number of benzene rings is 5. The van der Waals surface area contributed by atoms with Gasteiger partial charge in [-0.05, 0) is 157 Å². The summed E-state index contributed by atoms with van der Waals surface area (Å²) in [6.45, 7) is 33.3. The average Bonchev–Trinajstić information content (AvgIpc) is 3.16. The zero-order valence-corrected chi connectivity index (χ0v) is 38.6. The summed E-state index contributed by atoms with van der Waals surface area (Å²) < 4.78 is 0. The maximum Gasteiger partial charge on any atom is 0.0552 e. The van der Waals surface area contributed by atoms with Gasteiger partial charge in [0.2, 0.25) is 0 Å². The van der Waals surface area contributed by atoms with Crippen molar-refractivity contribution < 1.29 is 5.11 Å². The van der Waals surface area contributed by atoms with Crippen molar-refractivity contribution in [1.29, 1.82) is 0 Å². The van der Waals surface area contributed by atoms with Crippen LogP contribution in [0.1, 0.15) is 153 Å². The normalized spacial score (nSPS) is 18.9. The molecule has 0 radical (unpaired) electrons. The van der Waals surface area contributed by atoms with E-state index in [1.165, 1.54) is 77.9 Å². The van der Waals surface area contributed by atoms with E-state index in [4.69, 9.17) is 0 Å². The highest BCUT2D eigenvalue weighted by Crippen LogP contribution is 2.61. The lowest BCUT2D eigenvalue weighted by Crippen LogP contribution is -2.40.